The number of oxime groups is 1. The summed E-state index contributed by atoms with van der Waals surface area (Å²) in [6.45, 7) is 2.73. The predicted molar refractivity (Wildman–Crippen MR) is 152 cm³/mol. The molecule has 0 radical (unpaired) electrons. The summed E-state index contributed by atoms with van der Waals surface area (Å²) in [5.41, 5.74) is 12.7. The molecule has 222 valence electrons. The highest BCUT2D eigenvalue weighted by Crippen LogP contribution is 2.40. The van der Waals surface area contributed by atoms with E-state index in [9.17, 15) is 24.6 Å². The SMILES string of the molecule is CCON=C(C(=O)NC1C(=O)N2C(C(=O)O)=C(C[n+]3cccc4c3ncn4CCC(O)CN)CSC12)c1nsc(N)n1. The number of aliphatic hydroxyl groups is 1. The topological polar surface area (TPSA) is 228 Å². The third kappa shape index (κ3) is 5.65. The third-order valence-corrected chi connectivity index (χ3v) is 8.56. The van der Waals surface area contributed by atoms with Crippen LogP contribution >= 0.6 is 23.3 Å². The largest absolute Gasteiger partial charge is 0.477 e. The lowest BCUT2D eigenvalue weighted by molar-refractivity contribution is -0.664. The van der Waals surface area contributed by atoms with Crippen LogP contribution in [0.2, 0.25) is 0 Å². The zero-order chi connectivity index (χ0) is 30.0. The number of aromatic nitrogens is 5. The summed E-state index contributed by atoms with van der Waals surface area (Å²) >= 11 is 2.22. The van der Waals surface area contributed by atoms with Crippen LogP contribution in [0.4, 0.5) is 5.13 Å². The van der Waals surface area contributed by atoms with E-state index in [0.717, 1.165) is 17.0 Å². The van der Waals surface area contributed by atoms with Crippen molar-refractivity contribution in [2.24, 2.45) is 10.9 Å². The molecule has 2 aliphatic rings. The number of amides is 2. The lowest BCUT2D eigenvalue weighted by Gasteiger charge is -2.49. The van der Waals surface area contributed by atoms with Crippen molar-refractivity contribution in [1.29, 1.82) is 0 Å². The van der Waals surface area contributed by atoms with Gasteiger partial charge in [0, 0.05) is 35.9 Å². The van der Waals surface area contributed by atoms with Crippen LogP contribution in [0.25, 0.3) is 11.2 Å². The molecule has 0 aromatic carbocycles. The molecule has 0 spiro atoms. The summed E-state index contributed by atoms with van der Waals surface area (Å²) in [5.74, 6) is -2.30. The van der Waals surface area contributed by atoms with Gasteiger partial charge in [-0.15, -0.1) is 11.8 Å². The maximum Gasteiger partial charge on any atom is 0.352 e. The highest BCUT2D eigenvalue weighted by atomic mass is 32.2. The molecule has 1 fully saturated rings. The number of aliphatic hydroxyl groups excluding tert-OH is 1. The fraction of sp³-hybridized carbons (Fsp3) is 0.417. The second kappa shape index (κ2) is 12.4. The van der Waals surface area contributed by atoms with Crippen molar-refractivity contribution in [2.75, 3.05) is 24.6 Å². The number of nitrogens with two attached hydrogens (primary N) is 2. The van der Waals surface area contributed by atoms with Crippen LogP contribution in [-0.2, 0) is 32.3 Å². The number of nitrogens with one attached hydrogen (secondary N) is 1. The number of β-lactam (4-membered cyclic amide) rings is 1. The van der Waals surface area contributed by atoms with Gasteiger partial charge in [-0.25, -0.2) is 9.36 Å². The Morgan fingerprint density at radius 2 is 2.21 bits per heavy atom. The van der Waals surface area contributed by atoms with Crippen LogP contribution < -0.4 is 21.4 Å². The third-order valence-electron chi connectivity index (χ3n) is 6.68. The molecule has 7 N–H and O–H groups in total. The van der Waals surface area contributed by atoms with Gasteiger partial charge in [-0.1, -0.05) is 5.16 Å². The Kier molecular flexibility index (Phi) is 8.66. The zero-order valence-corrected chi connectivity index (χ0v) is 24.0. The normalized spacial score (nSPS) is 19.5. The number of pyridine rings is 1. The molecule has 3 aromatic heterocycles. The predicted octanol–water partition coefficient (Wildman–Crippen LogP) is -1.35. The van der Waals surface area contributed by atoms with Crippen molar-refractivity contribution in [3.63, 3.8) is 0 Å². The number of fused-ring (bicyclic) bond motifs is 2. The van der Waals surface area contributed by atoms with E-state index in [1.54, 1.807) is 19.4 Å². The number of carbonyl (C=O) groups is 3. The van der Waals surface area contributed by atoms with E-state index in [1.807, 2.05) is 21.3 Å². The Hall–Kier alpha value is -4.13. The van der Waals surface area contributed by atoms with Gasteiger partial charge in [-0.05, 0) is 30.5 Å². The summed E-state index contributed by atoms with van der Waals surface area (Å²) in [5, 5.41) is 25.9. The number of nitrogens with zero attached hydrogens (tertiary/aromatic N) is 7. The Labute approximate surface area is 247 Å². The van der Waals surface area contributed by atoms with E-state index >= 15 is 0 Å². The maximum atomic E-state index is 13.2. The average Bonchev–Trinajstić information content (AvgIpc) is 3.60. The number of anilines is 1. The summed E-state index contributed by atoms with van der Waals surface area (Å²) in [6.07, 6.45) is 3.29. The summed E-state index contributed by atoms with van der Waals surface area (Å²) in [6, 6.07) is 2.72. The molecule has 3 unspecified atom stereocenters. The van der Waals surface area contributed by atoms with E-state index in [0.29, 0.717) is 29.9 Å². The van der Waals surface area contributed by atoms with Gasteiger partial charge in [0.15, 0.2) is 5.13 Å². The first-order valence-electron chi connectivity index (χ1n) is 12.9. The van der Waals surface area contributed by atoms with Gasteiger partial charge in [0.05, 0.1) is 12.3 Å². The molecule has 0 aliphatic carbocycles. The van der Waals surface area contributed by atoms with Gasteiger partial charge in [0.25, 0.3) is 11.8 Å². The number of aliphatic carboxylic acids is 1. The van der Waals surface area contributed by atoms with Crippen LogP contribution in [0.15, 0.2) is 41.1 Å². The van der Waals surface area contributed by atoms with Gasteiger partial charge in [0.2, 0.25) is 17.9 Å². The Morgan fingerprint density at radius 3 is 2.90 bits per heavy atom. The van der Waals surface area contributed by atoms with Crippen molar-refractivity contribution in [1.82, 2.24) is 29.1 Å². The van der Waals surface area contributed by atoms with Gasteiger partial charge >= 0.3 is 11.6 Å². The van der Waals surface area contributed by atoms with Crippen LogP contribution in [0.5, 0.6) is 0 Å². The molecule has 2 aliphatic heterocycles. The van der Waals surface area contributed by atoms with E-state index in [4.69, 9.17) is 16.3 Å². The molecule has 1 saturated heterocycles. The molecule has 16 nitrogen and oxygen atoms in total. The quantitative estimate of drug-likeness (QED) is 0.0688. The number of rotatable bonds is 12. The molecular weight excluding hydrogens is 588 g/mol. The molecular formula is C24H29N10O6S2+. The fourth-order valence-corrected chi connectivity index (χ4v) is 6.43. The molecule has 0 bridgehead atoms. The molecule has 3 atom stereocenters. The minimum absolute atomic E-state index is 0.0408. The highest BCUT2D eigenvalue weighted by Gasteiger charge is 2.54. The monoisotopic (exact) mass is 617 g/mol. The van der Waals surface area contributed by atoms with Crippen LogP contribution in [-0.4, -0.2) is 93.9 Å². The number of thioether (sulfide) groups is 1. The van der Waals surface area contributed by atoms with Gasteiger partial charge < -0.3 is 36.4 Å². The summed E-state index contributed by atoms with van der Waals surface area (Å²) in [4.78, 5) is 53.4. The van der Waals surface area contributed by atoms with Crippen LogP contribution in [0.1, 0.15) is 19.2 Å². The Bertz CT molecular complexity index is 1590. The molecule has 18 heteroatoms. The maximum absolute atomic E-state index is 13.2. The number of hydrogen-bond donors (Lipinski definition) is 5. The van der Waals surface area contributed by atoms with E-state index < -0.39 is 35.3 Å². The Balaban J connectivity index is 1.35. The molecule has 5 rings (SSSR count). The minimum Gasteiger partial charge on any atom is -0.477 e. The second-order valence-electron chi connectivity index (χ2n) is 9.39. The summed E-state index contributed by atoms with van der Waals surface area (Å²) < 4.78 is 7.71. The number of carboxylic acid groups (broad SMARTS) is 1. The first kappa shape index (κ1) is 29.4. The van der Waals surface area contributed by atoms with Gasteiger partial charge in [-0.3, -0.25) is 14.5 Å². The van der Waals surface area contributed by atoms with E-state index in [1.165, 1.54) is 16.7 Å². The van der Waals surface area contributed by atoms with Gasteiger partial charge in [-0.2, -0.15) is 9.36 Å². The molecule has 5 heterocycles. The first-order valence-corrected chi connectivity index (χ1v) is 14.8. The number of nitrogen functional groups attached to an aromatic ring is 1. The molecule has 2 amide bonds. The average molecular weight is 618 g/mol. The number of imidazole rings is 1. The molecule has 42 heavy (non-hydrogen) atoms. The minimum atomic E-state index is -1.25. The fourth-order valence-electron chi connectivity index (χ4n) is 4.66. The van der Waals surface area contributed by atoms with Crippen molar-refractivity contribution < 1.29 is 34.0 Å². The zero-order valence-electron chi connectivity index (χ0n) is 22.4. The molecule has 3 aromatic rings. The second-order valence-corrected chi connectivity index (χ2v) is 11.3. The van der Waals surface area contributed by atoms with Crippen molar-refractivity contribution in [2.45, 2.75) is 44.0 Å². The number of hydrogen-bond acceptors (Lipinski definition) is 13. The van der Waals surface area contributed by atoms with Crippen molar-refractivity contribution in [3.05, 3.63) is 41.8 Å². The number of aryl methyl sites for hydroxylation is 1. The van der Waals surface area contributed by atoms with Crippen LogP contribution in [0, 0.1) is 0 Å². The van der Waals surface area contributed by atoms with Gasteiger partial charge in [0.1, 0.15) is 35.8 Å². The standard InChI is InChI=1S/C24H28N10O6S2/c1-2-40-30-15(18-29-24(26)42-31-18)20(36)28-16-21(37)34-17(23(38)39)12(10-41-22(16)34)9-32-6-3-4-14-19(32)27-11-33(14)7-5-13(35)8-25/h3-4,6,11,13,16,22,35H,2,5,7-10,25H2,1H3,(H3-,26,28,29,31,36,38,39)/p+1. The number of carboxylic acids is 1. The molecule has 0 saturated carbocycles. The van der Waals surface area contributed by atoms with Crippen molar-refractivity contribution >= 4 is 63.1 Å². The van der Waals surface area contributed by atoms with E-state index in [2.05, 4.69) is 24.8 Å². The van der Waals surface area contributed by atoms with Crippen molar-refractivity contribution in [3.8, 4) is 0 Å². The summed E-state index contributed by atoms with van der Waals surface area (Å²) in [7, 11) is 0. The van der Waals surface area contributed by atoms with Crippen LogP contribution in [0.3, 0.4) is 0 Å². The highest BCUT2D eigenvalue weighted by molar-refractivity contribution is 8.00. The lowest BCUT2D eigenvalue weighted by atomic mass is 10.0. The lowest BCUT2D eigenvalue weighted by Crippen LogP contribution is -2.71. The number of carbonyl (C=O) groups excluding carboxylic acids is 2. The first-order chi connectivity index (χ1) is 20.2. The van der Waals surface area contributed by atoms with E-state index in [-0.39, 0.29) is 42.1 Å². The smallest absolute Gasteiger partial charge is 0.352 e. The Morgan fingerprint density at radius 1 is 1.40 bits per heavy atom.